The molecule has 1 N–H and O–H groups in total. The molecular formula is C9H9N5O. The number of nitrogens with zero attached hydrogens (tertiary/aromatic N) is 4. The molecule has 0 fully saturated rings. The van der Waals surface area contributed by atoms with E-state index in [1.165, 1.54) is 0 Å². The normalized spacial score (nSPS) is 10.7. The maximum Gasteiger partial charge on any atom is 0.288 e. The van der Waals surface area contributed by atoms with Crippen LogP contribution in [-0.4, -0.2) is 33.9 Å². The molecule has 15 heavy (non-hydrogen) atoms. The van der Waals surface area contributed by atoms with Gasteiger partial charge in [0.15, 0.2) is 0 Å². The molecule has 1 heterocycles. The number of hydrogen-bond acceptors (Lipinski definition) is 5. The summed E-state index contributed by atoms with van der Waals surface area (Å²) < 4.78 is 5.04. The molecule has 2 rings (SSSR count). The second-order valence-corrected chi connectivity index (χ2v) is 2.74. The Morgan fingerprint density at radius 2 is 2.13 bits per heavy atom. The molecule has 0 aliphatic rings. The van der Waals surface area contributed by atoms with E-state index in [0.717, 1.165) is 11.3 Å². The number of aromatic amines is 1. The van der Waals surface area contributed by atoms with Gasteiger partial charge in [-0.2, -0.15) is 5.21 Å². The van der Waals surface area contributed by atoms with Crippen LogP contribution in [0.4, 0.5) is 5.95 Å². The van der Waals surface area contributed by atoms with Gasteiger partial charge >= 0.3 is 0 Å². The van der Waals surface area contributed by atoms with Crippen molar-refractivity contribution in [2.24, 2.45) is 4.99 Å². The number of nitrogens with one attached hydrogen (secondary N) is 1. The summed E-state index contributed by atoms with van der Waals surface area (Å²) in [6.07, 6.45) is 1.66. The Hall–Kier alpha value is -2.24. The first-order valence-electron chi connectivity index (χ1n) is 4.30. The number of benzene rings is 1. The van der Waals surface area contributed by atoms with Crippen LogP contribution in [0.1, 0.15) is 5.56 Å². The number of aromatic nitrogens is 4. The third-order valence-corrected chi connectivity index (χ3v) is 1.78. The average Bonchev–Trinajstić information content (AvgIpc) is 2.80. The summed E-state index contributed by atoms with van der Waals surface area (Å²) in [5.74, 6) is 1.12. The molecule has 0 saturated carbocycles. The summed E-state index contributed by atoms with van der Waals surface area (Å²) in [6, 6.07) is 7.50. The summed E-state index contributed by atoms with van der Waals surface area (Å²) in [5, 5.41) is 13.1. The lowest BCUT2D eigenvalue weighted by Crippen LogP contribution is -1.84. The summed E-state index contributed by atoms with van der Waals surface area (Å²) in [7, 11) is 1.63. The minimum absolute atomic E-state index is 0.311. The molecule has 0 unspecified atom stereocenters. The van der Waals surface area contributed by atoms with E-state index in [-0.39, 0.29) is 0 Å². The maximum absolute atomic E-state index is 5.04. The average molecular weight is 203 g/mol. The Kier molecular flexibility index (Phi) is 2.68. The molecule has 1 aromatic carbocycles. The third kappa shape index (κ3) is 2.37. The molecule has 0 radical (unpaired) electrons. The Morgan fingerprint density at radius 3 is 2.73 bits per heavy atom. The fourth-order valence-electron chi connectivity index (χ4n) is 1.03. The predicted molar refractivity (Wildman–Crippen MR) is 54.4 cm³/mol. The van der Waals surface area contributed by atoms with E-state index in [2.05, 4.69) is 25.6 Å². The van der Waals surface area contributed by atoms with Crippen LogP contribution >= 0.6 is 0 Å². The molecule has 0 saturated heterocycles. The van der Waals surface area contributed by atoms with Gasteiger partial charge in [0, 0.05) is 6.21 Å². The van der Waals surface area contributed by atoms with Crippen LogP contribution < -0.4 is 4.74 Å². The van der Waals surface area contributed by atoms with Gasteiger partial charge in [0.05, 0.1) is 7.11 Å². The van der Waals surface area contributed by atoms with Crippen molar-refractivity contribution >= 4 is 12.2 Å². The van der Waals surface area contributed by atoms with Crippen molar-refractivity contribution in [1.29, 1.82) is 0 Å². The van der Waals surface area contributed by atoms with E-state index in [1.54, 1.807) is 13.3 Å². The molecule has 0 spiro atoms. The molecular weight excluding hydrogens is 194 g/mol. The van der Waals surface area contributed by atoms with Gasteiger partial charge in [0.2, 0.25) is 0 Å². The number of hydrogen-bond donors (Lipinski definition) is 1. The smallest absolute Gasteiger partial charge is 0.288 e. The van der Waals surface area contributed by atoms with Gasteiger partial charge in [-0.25, -0.2) is 4.99 Å². The number of aliphatic imine (C=N–C) groups is 1. The van der Waals surface area contributed by atoms with Crippen LogP contribution in [0.5, 0.6) is 5.75 Å². The van der Waals surface area contributed by atoms with Crippen molar-refractivity contribution in [3.8, 4) is 5.75 Å². The van der Waals surface area contributed by atoms with Crippen LogP contribution in [0.25, 0.3) is 0 Å². The maximum atomic E-state index is 5.04. The zero-order valence-corrected chi connectivity index (χ0v) is 8.08. The second kappa shape index (κ2) is 4.32. The number of tetrazole rings is 1. The van der Waals surface area contributed by atoms with Crippen molar-refractivity contribution in [1.82, 2.24) is 20.6 Å². The molecule has 0 bridgehead atoms. The minimum atomic E-state index is 0.311. The molecule has 0 atom stereocenters. The molecule has 76 valence electrons. The fourth-order valence-corrected chi connectivity index (χ4v) is 1.03. The SMILES string of the molecule is COc1ccc(/C=N/c2nn[nH]n2)cc1. The minimum Gasteiger partial charge on any atom is -0.497 e. The Labute approximate surface area is 86.0 Å². The molecule has 6 heteroatoms. The van der Waals surface area contributed by atoms with Gasteiger partial charge in [0.25, 0.3) is 5.95 Å². The molecule has 1 aromatic heterocycles. The van der Waals surface area contributed by atoms with Crippen molar-refractivity contribution in [2.45, 2.75) is 0 Å². The van der Waals surface area contributed by atoms with E-state index in [1.807, 2.05) is 24.3 Å². The number of methoxy groups -OCH3 is 1. The largest absolute Gasteiger partial charge is 0.497 e. The van der Waals surface area contributed by atoms with Gasteiger partial charge in [0.1, 0.15) is 5.75 Å². The predicted octanol–water partition coefficient (Wildman–Crippen LogP) is 0.959. The molecule has 0 aliphatic carbocycles. The highest BCUT2D eigenvalue weighted by Gasteiger charge is 1.93. The van der Waals surface area contributed by atoms with Gasteiger partial charge in [-0.15, -0.1) is 5.10 Å². The summed E-state index contributed by atoms with van der Waals surface area (Å²) in [6.45, 7) is 0. The highest BCUT2D eigenvalue weighted by atomic mass is 16.5. The highest BCUT2D eigenvalue weighted by Crippen LogP contribution is 2.10. The summed E-state index contributed by atoms with van der Waals surface area (Å²) >= 11 is 0. The van der Waals surface area contributed by atoms with Crippen molar-refractivity contribution in [3.63, 3.8) is 0 Å². The first-order valence-corrected chi connectivity index (χ1v) is 4.30. The first kappa shape index (κ1) is 9.32. The number of rotatable bonds is 3. The van der Waals surface area contributed by atoms with E-state index < -0.39 is 0 Å². The first-order chi connectivity index (χ1) is 7.38. The zero-order valence-electron chi connectivity index (χ0n) is 8.08. The second-order valence-electron chi connectivity index (χ2n) is 2.74. The molecule has 0 amide bonds. The lowest BCUT2D eigenvalue weighted by molar-refractivity contribution is 0.415. The van der Waals surface area contributed by atoms with Crippen molar-refractivity contribution in [3.05, 3.63) is 29.8 Å². The number of ether oxygens (including phenoxy) is 1. The van der Waals surface area contributed by atoms with Crippen molar-refractivity contribution in [2.75, 3.05) is 7.11 Å². The summed E-state index contributed by atoms with van der Waals surface area (Å²) in [5.41, 5.74) is 0.945. The summed E-state index contributed by atoms with van der Waals surface area (Å²) in [4.78, 5) is 4.01. The Balaban J connectivity index is 2.11. The molecule has 2 aromatic rings. The van der Waals surface area contributed by atoms with E-state index in [4.69, 9.17) is 4.74 Å². The Bertz CT molecular complexity index is 434. The molecule has 0 aliphatic heterocycles. The van der Waals surface area contributed by atoms with Crippen molar-refractivity contribution < 1.29 is 4.74 Å². The quantitative estimate of drug-likeness (QED) is 0.754. The van der Waals surface area contributed by atoms with Crippen LogP contribution in [0.3, 0.4) is 0 Å². The monoisotopic (exact) mass is 203 g/mol. The van der Waals surface area contributed by atoms with Gasteiger partial charge in [-0.3, -0.25) is 0 Å². The Morgan fingerprint density at radius 1 is 1.33 bits per heavy atom. The molecule has 6 nitrogen and oxygen atoms in total. The fraction of sp³-hybridized carbons (Fsp3) is 0.111. The highest BCUT2D eigenvalue weighted by molar-refractivity contribution is 5.81. The third-order valence-electron chi connectivity index (χ3n) is 1.78. The van der Waals surface area contributed by atoms with Crippen LogP contribution in [0.2, 0.25) is 0 Å². The van der Waals surface area contributed by atoms with E-state index >= 15 is 0 Å². The van der Waals surface area contributed by atoms with E-state index in [0.29, 0.717) is 5.95 Å². The topological polar surface area (TPSA) is 76.1 Å². The number of H-pyrrole nitrogens is 1. The van der Waals surface area contributed by atoms with Crippen LogP contribution in [-0.2, 0) is 0 Å². The van der Waals surface area contributed by atoms with Crippen LogP contribution in [0.15, 0.2) is 29.3 Å². The van der Waals surface area contributed by atoms with Crippen LogP contribution in [0, 0.1) is 0 Å². The zero-order chi connectivity index (χ0) is 10.5. The van der Waals surface area contributed by atoms with Gasteiger partial charge in [-0.1, -0.05) is 5.10 Å². The standard InChI is InChI=1S/C9H9N5O/c1-15-8-4-2-7(3-5-8)6-10-9-11-13-14-12-9/h2-6H,1H3,(H,11,12,13,14)/b10-6+. The van der Waals surface area contributed by atoms with Gasteiger partial charge < -0.3 is 4.74 Å². The lowest BCUT2D eigenvalue weighted by Gasteiger charge is -1.97. The van der Waals surface area contributed by atoms with Gasteiger partial charge in [-0.05, 0) is 35.0 Å². The lowest BCUT2D eigenvalue weighted by atomic mass is 10.2. The van der Waals surface area contributed by atoms with E-state index in [9.17, 15) is 0 Å².